The summed E-state index contributed by atoms with van der Waals surface area (Å²) in [6, 6.07) is -2.34. The van der Waals surface area contributed by atoms with Gasteiger partial charge in [-0.05, 0) is 5.92 Å². The molecule has 2 unspecified atom stereocenters. The van der Waals surface area contributed by atoms with E-state index in [2.05, 4.69) is 0 Å². The first-order valence-electron chi connectivity index (χ1n) is 5.01. The van der Waals surface area contributed by atoms with Gasteiger partial charge in [0.25, 0.3) is 0 Å². The van der Waals surface area contributed by atoms with Gasteiger partial charge in [0.1, 0.15) is 12.6 Å². The second-order valence-electron chi connectivity index (χ2n) is 3.64. The molecule has 0 aromatic rings. The predicted molar refractivity (Wildman–Crippen MR) is 53.5 cm³/mol. The first-order valence-corrected chi connectivity index (χ1v) is 5.01. The third kappa shape index (κ3) is 6.64. The van der Waals surface area contributed by atoms with E-state index >= 15 is 0 Å². The van der Waals surface area contributed by atoms with Crippen molar-refractivity contribution < 1.29 is 27.9 Å². The number of nitrogens with one attached hydrogen (secondary N) is 2. The highest BCUT2D eigenvalue weighted by atomic mass is 19.4. The molecule has 0 radical (unpaired) electrons. The first kappa shape index (κ1) is 15.5. The van der Waals surface area contributed by atoms with Gasteiger partial charge in [-0.15, -0.1) is 0 Å². The van der Waals surface area contributed by atoms with Gasteiger partial charge in [-0.1, -0.05) is 20.3 Å². The summed E-state index contributed by atoms with van der Waals surface area (Å²) >= 11 is 0. The van der Waals surface area contributed by atoms with Crippen LogP contribution in [0, 0.1) is 5.92 Å². The van der Waals surface area contributed by atoms with Gasteiger partial charge < -0.3 is 15.7 Å². The molecule has 0 saturated carbocycles. The van der Waals surface area contributed by atoms with Gasteiger partial charge in [0, 0.05) is 0 Å². The molecule has 2 atom stereocenters. The van der Waals surface area contributed by atoms with E-state index in [0.29, 0.717) is 6.42 Å². The van der Waals surface area contributed by atoms with Crippen LogP contribution in [-0.4, -0.2) is 35.9 Å². The fraction of sp³-hybridized carbons (Fsp3) is 0.778. The minimum absolute atomic E-state index is 0.371. The van der Waals surface area contributed by atoms with Crippen molar-refractivity contribution in [3.63, 3.8) is 0 Å². The molecule has 0 aromatic heterocycles. The maximum Gasteiger partial charge on any atom is 0.405 e. The number of hydrogen-bond donors (Lipinski definition) is 3. The number of alkyl halides is 3. The number of carboxylic acid groups (broad SMARTS) is 1. The van der Waals surface area contributed by atoms with Crippen molar-refractivity contribution in [2.75, 3.05) is 6.54 Å². The van der Waals surface area contributed by atoms with E-state index < -0.39 is 30.8 Å². The lowest BCUT2D eigenvalue weighted by Crippen LogP contribution is -2.50. The highest BCUT2D eigenvalue weighted by Gasteiger charge is 2.30. The maximum absolute atomic E-state index is 11.8. The Morgan fingerprint density at radius 1 is 1.35 bits per heavy atom. The number of hydrogen-bond acceptors (Lipinski definition) is 2. The molecule has 5 nitrogen and oxygen atoms in total. The highest BCUT2D eigenvalue weighted by Crippen LogP contribution is 2.12. The van der Waals surface area contributed by atoms with Crippen LogP contribution < -0.4 is 10.6 Å². The molecule has 0 spiro atoms. The highest BCUT2D eigenvalue weighted by molar-refractivity contribution is 5.82. The molecule has 0 saturated heterocycles. The normalized spacial score (nSPS) is 14.9. The molecule has 0 bridgehead atoms. The summed E-state index contributed by atoms with van der Waals surface area (Å²) in [7, 11) is 0. The van der Waals surface area contributed by atoms with Crippen molar-refractivity contribution >= 4 is 12.0 Å². The molecule has 0 aliphatic rings. The maximum atomic E-state index is 11.8. The largest absolute Gasteiger partial charge is 0.480 e. The average molecular weight is 256 g/mol. The van der Waals surface area contributed by atoms with Crippen molar-refractivity contribution in [1.29, 1.82) is 0 Å². The Kier molecular flexibility index (Phi) is 5.77. The molecule has 2 amide bonds. The molecule has 3 N–H and O–H groups in total. The van der Waals surface area contributed by atoms with E-state index in [1.54, 1.807) is 19.2 Å². The molecule has 0 aliphatic heterocycles. The van der Waals surface area contributed by atoms with E-state index in [4.69, 9.17) is 5.11 Å². The number of carboxylic acids is 1. The van der Waals surface area contributed by atoms with Crippen molar-refractivity contribution in [2.24, 2.45) is 5.92 Å². The fourth-order valence-electron chi connectivity index (χ4n) is 1.06. The molecule has 100 valence electrons. The minimum atomic E-state index is -4.52. The van der Waals surface area contributed by atoms with Gasteiger partial charge in [0.2, 0.25) is 0 Å². The summed E-state index contributed by atoms with van der Waals surface area (Å²) in [4.78, 5) is 21.8. The van der Waals surface area contributed by atoms with Crippen molar-refractivity contribution in [3.8, 4) is 0 Å². The summed E-state index contributed by atoms with van der Waals surface area (Å²) in [5.74, 6) is -1.65. The van der Waals surface area contributed by atoms with Gasteiger partial charge >= 0.3 is 18.2 Å². The summed E-state index contributed by atoms with van der Waals surface area (Å²) in [5.41, 5.74) is 0. The van der Waals surface area contributed by atoms with Crippen LogP contribution in [0.1, 0.15) is 20.3 Å². The smallest absolute Gasteiger partial charge is 0.405 e. The van der Waals surface area contributed by atoms with Gasteiger partial charge in [-0.25, -0.2) is 9.59 Å². The Bertz CT molecular complexity index is 281. The van der Waals surface area contributed by atoms with E-state index in [-0.39, 0.29) is 5.92 Å². The number of carbonyl (C=O) groups excluding carboxylic acids is 1. The quantitative estimate of drug-likeness (QED) is 0.694. The SMILES string of the molecule is CCC(C)C(NC(=O)NCC(F)(F)F)C(=O)O. The van der Waals surface area contributed by atoms with E-state index in [1.807, 2.05) is 5.32 Å². The number of amides is 2. The minimum Gasteiger partial charge on any atom is -0.480 e. The number of halogens is 3. The number of urea groups is 1. The lowest BCUT2D eigenvalue weighted by molar-refractivity contribution is -0.140. The Morgan fingerprint density at radius 3 is 2.24 bits per heavy atom. The second-order valence-corrected chi connectivity index (χ2v) is 3.64. The van der Waals surface area contributed by atoms with Crippen LogP contribution in [0.25, 0.3) is 0 Å². The standard InChI is InChI=1S/C9H15F3N2O3/c1-3-5(2)6(7(15)16)14-8(17)13-4-9(10,11)12/h5-6H,3-4H2,1-2H3,(H,15,16)(H2,13,14,17). The first-order chi connectivity index (χ1) is 7.67. The number of rotatable bonds is 5. The lowest BCUT2D eigenvalue weighted by atomic mass is 9.99. The Hall–Kier alpha value is -1.47. The van der Waals surface area contributed by atoms with E-state index in [9.17, 15) is 22.8 Å². The summed E-state index contributed by atoms with van der Waals surface area (Å²) < 4.78 is 35.3. The lowest BCUT2D eigenvalue weighted by Gasteiger charge is -2.20. The number of carbonyl (C=O) groups is 2. The zero-order valence-corrected chi connectivity index (χ0v) is 9.47. The Balaban J connectivity index is 4.28. The molecular formula is C9H15F3N2O3. The third-order valence-corrected chi connectivity index (χ3v) is 2.22. The molecule has 17 heavy (non-hydrogen) atoms. The van der Waals surface area contributed by atoms with Gasteiger partial charge in [-0.3, -0.25) is 0 Å². The predicted octanol–water partition coefficient (Wildman–Crippen LogP) is 1.35. The van der Waals surface area contributed by atoms with Crippen LogP contribution in [0.3, 0.4) is 0 Å². The van der Waals surface area contributed by atoms with Crippen molar-refractivity contribution in [3.05, 3.63) is 0 Å². The summed E-state index contributed by atoms with van der Waals surface area (Å²) in [5, 5.41) is 12.3. The monoisotopic (exact) mass is 256 g/mol. The van der Waals surface area contributed by atoms with Crippen molar-refractivity contribution in [2.45, 2.75) is 32.5 Å². The van der Waals surface area contributed by atoms with Gasteiger partial charge in [0.05, 0.1) is 0 Å². The van der Waals surface area contributed by atoms with Crippen LogP contribution in [0.2, 0.25) is 0 Å². The Labute approximate surface area is 96.4 Å². The van der Waals surface area contributed by atoms with Crippen LogP contribution in [-0.2, 0) is 4.79 Å². The van der Waals surface area contributed by atoms with Crippen LogP contribution in [0.4, 0.5) is 18.0 Å². The third-order valence-electron chi connectivity index (χ3n) is 2.22. The van der Waals surface area contributed by atoms with E-state index in [0.717, 1.165) is 0 Å². The van der Waals surface area contributed by atoms with Crippen molar-refractivity contribution in [1.82, 2.24) is 10.6 Å². The molecule has 0 aliphatic carbocycles. The van der Waals surface area contributed by atoms with Crippen LogP contribution in [0.15, 0.2) is 0 Å². The molecule has 0 heterocycles. The zero-order chi connectivity index (χ0) is 13.6. The van der Waals surface area contributed by atoms with Gasteiger partial charge in [-0.2, -0.15) is 13.2 Å². The topological polar surface area (TPSA) is 78.4 Å². The molecular weight excluding hydrogens is 241 g/mol. The van der Waals surface area contributed by atoms with Gasteiger partial charge in [0.15, 0.2) is 0 Å². The zero-order valence-electron chi connectivity index (χ0n) is 9.47. The fourth-order valence-corrected chi connectivity index (χ4v) is 1.06. The Morgan fingerprint density at radius 2 is 1.88 bits per heavy atom. The molecule has 8 heteroatoms. The van der Waals surface area contributed by atoms with Crippen LogP contribution in [0.5, 0.6) is 0 Å². The van der Waals surface area contributed by atoms with E-state index in [1.165, 1.54) is 0 Å². The summed E-state index contributed by atoms with van der Waals surface area (Å²) in [6.07, 6.45) is -4.04. The summed E-state index contributed by atoms with van der Waals surface area (Å²) in [6.45, 7) is 1.81. The van der Waals surface area contributed by atoms with Crippen LogP contribution >= 0.6 is 0 Å². The second kappa shape index (κ2) is 6.31. The molecule has 0 rings (SSSR count). The number of aliphatic carboxylic acids is 1. The molecule has 0 fully saturated rings. The average Bonchev–Trinajstić information content (AvgIpc) is 2.20. The molecule has 0 aromatic carbocycles.